The van der Waals surface area contributed by atoms with Crippen molar-refractivity contribution in [3.63, 3.8) is 0 Å². The number of aliphatic hydroxyl groups excluding tert-OH is 1. The van der Waals surface area contributed by atoms with Crippen LogP contribution in [-0.2, 0) is 0 Å². The third kappa shape index (κ3) is 4.29. The average molecular weight is 225 g/mol. The predicted molar refractivity (Wildman–Crippen MR) is 63.8 cm³/mol. The number of benzene rings is 1. The predicted octanol–water partition coefficient (Wildman–Crippen LogP) is 2.59. The zero-order valence-electron chi connectivity index (χ0n) is 9.99. The molecule has 1 rings (SSSR count). The topological polar surface area (TPSA) is 23.5 Å². The Balaban J connectivity index is 2.43. The smallest absolute Gasteiger partial charge is 0.123 e. The molecule has 1 N–H and O–H groups in total. The van der Waals surface area contributed by atoms with Gasteiger partial charge in [-0.2, -0.15) is 0 Å². The number of rotatable bonds is 6. The molecular formula is C13H20FNO. The van der Waals surface area contributed by atoms with Crippen LogP contribution in [0.25, 0.3) is 0 Å². The van der Waals surface area contributed by atoms with Crippen molar-refractivity contribution in [1.29, 1.82) is 0 Å². The molecule has 0 amide bonds. The van der Waals surface area contributed by atoms with E-state index in [9.17, 15) is 9.50 Å². The van der Waals surface area contributed by atoms with Crippen LogP contribution in [0.15, 0.2) is 24.3 Å². The van der Waals surface area contributed by atoms with Gasteiger partial charge in [0.05, 0.1) is 6.10 Å². The molecule has 1 aromatic rings. The standard InChI is InChI=1S/C13H20FNO/c1-3-8-15(2)9-7-13(16)11-5-4-6-12(14)10-11/h4-6,10,13,16H,3,7-9H2,1-2H3. The Labute approximate surface area is 96.7 Å². The van der Waals surface area contributed by atoms with Crippen molar-refractivity contribution in [2.45, 2.75) is 25.9 Å². The molecule has 3 heteroatoms. The van der Waals surface area contributed by atoms with Crippen LogP contribution in [0.3, 0.4) is 0 Å². The fourth-order valence-electron chi connectivity index (χ4n) is 1.72. The second-order valence-electron chi connectivity index (χ2n) is 4.16. The fraction of sp³-hybridized carbons (Fsp3) is 0.538. The molecule has 0 aliphatic heterocycles. The highest BCUT2D eigenvalue weighted by Crippen LogP contribution is 2.17. The van der Waals surface area contributed by atoms with Crippen molar-refractivity contribution in [3.05, 3.63) is 35.6 Å². The Morgan fingerprint density at radius 2 is 2.12 bits per heavy atom. The summed E-state index contributed by atoms with van der Waals surface area (Å²) < 4.78 is 12.9. The minimum Gasteiger partial charge on any atom is -0.388 e. The van der Waals surface area contributed by atoms with Crippen molar-refractivity contribution in [3.8, 4) is 0 Å². The lowest BCUT2D eigenvalue weighted by atomic mass is 10.1. The molecule has 0 spiro atoms. The van der Waals surface area contributed by atoms with Crippen LogP contribution in [0.1, 0.15) is 31.4 Å². The first kappa shape index (κ1) is 13.1. The summed E-state index contributed by atoms with van der Waals surface area (Å²) in [5.74, 6) is -0.293. The van der Waals surface area contributed by atoms with Crippen molar-refractivity contribution in [2.24, 2.45) is 0 Å². The van der Waals surface area contributed by atoms with E-state index < -0.39 is 6.10 Å². The van der Waals surface area contributed by atoms with Gasteiger partial charge in [-0.15, -0.1) is 0 Å². The maximum absolute atomic E-state index is 12.9. The zero-order valence-corrected chi connectivity index (χ0v) is 9.99. The molecule has 0 fully saturated rings. The quantitative estimate of drug-likeness (QED) is 0.804. The van der Waals surface area contributed by atoms with Gasteiger partial charge in [-0.05, 0) is 44.1 Å². The molecule has 0 saturated carbocycles. The summed E-state index contributed by atoms with van der Waals surface area (Å²) in [5, 5.41) is 9.87. The maximum atomic E-state index is 12.9. The summed E-state index contributed by atoms with van der Waals surface area (Å²) in [6, 6.07) is 6.17. The SMILES string of the molecule is CCCN(C)CCC(O)c1cccc(F)c1. The number of aliphatic hydroxyl groups is 1. The van der Waals surface area contributed by atoms with Gasteiger partial charge in [0.1, 0.15) is 5.82 Å². The molecule has 0 aliphatic rings. The van der Waals surface area contributed by atoms with Gasteiger partial charge in [0.2, 0.25) is 0 Å². The van der Waals surface area contributed by atoms with Gasteiger partial charge >= 0.3 is 0 Å². The number of halogens is 1. The highest BCUT2D eigenvalue weighted by atomic mass is 19.1. The average Bonchev–Trinajstić information content (AvgIpc) is 2.26. The second-order valence-corrected chi connectivity index (χ2v) is 4.16. The van der Waals surface area contributed by atoms with Crippen LogP contribution in [0.4, 0.5) is 4.39 Å². The van der Waals surface area contributed by atoms with Crippen molar-refractivity contribution < 1.29 is 9.50 Å². The highest BCUT2D eigenvalue weighted by molar-refractivity contribution is 5.18. The van der Waals surface area contributed by atoms with E-state index in [-0.39, 0.29) is 5.82 Å². The highest BCUT2D eigenvalue weighted by Gasteiger charge is 2.09. The Kier molecular flexibility index (Phi) is 5.43. The largest absolute Gasteiger partial charge is 0.388 e. The van der Waals surface area contributed by atoms with Crippen LogP contribution in [0.5, 0.6) is 0 Å². The summed E-state index contributed by atoms with van der Waals surface area (Å²) in [7, 11) is 2.03. The van der Waals surface area contributed by atoms with E-state index in [2.05, 4.69) is 11.8 Å². The van der Waals surface area contributed by atoms with Crippen molar-refractivity contribution in [1.82, 2.24) is 4.90 Å². The van der Waals surface area contributed by atoms with Crippen molar-refractivity contribution >= 4 is 0 Å². The van der Waals surface area contributed by atoms with Gasteiger partial charge in [-0.25, -0.2) is 4.39 Å². The first-order valence-corrected chi connectivity index (χ1v) is 5.75. The Morgan fingerprint density at radius 3 is 2.75 bits per heavy atom. The monoisotopic (exact) mass is 225 g/mol. The van der Waals surface area contributed by atoms with Crippen LogP contribution in [0, 0.1) is 5.82 Å². The molecule has 1 unspecified atom stereocenters. The van der Waals surface area contributed by atoms with Crippen LogP contribution >= 0.6 is 0 Å². The van der Waals surface area contributed by atoms with Crippen LogP contribution in [0.2, 0.25) is 0 Å². The molecule has 1 aromatic carbocycles. The molecule has 0 radical (unpaired) electrons. The maximum Gasteiger partial charge on any atom is 0.123 e. The van der Waals surface area contributed by atoms with Crippen molar-refractivity contribution in [2.75, 3.05) is 20.1 Å². The number of nitrogens with zero attached hydrogens (tertiary/aromatic N) is 1. The third-order valence-corrected chi connectivity index (χ3v) is 2.62. The second kappa shape index (κ2) is 6.61. The molecule has 2 nitrogen and oxygen atoms in total. The first-order valence-electron chi connectivity index (χ1n) is 5.75. The molecule has 0 aromatic heterocycles. The van der Waals surface area contributed by atoms with Crippen LogP contribution < -0.4 is 0 Å². The molecule has 90 valence electrons. The summed E-state index contributed by atoms with van der Waals surface area (Å²) in [6.45, 7) is 3.97. The molecule has 0 aliphatic carbocycles. The lowest BCUT2D eigenvalue weighted by molar-refractivity contribution is 0.149. The van der Waals surface area contributed by atoms with Gasteiger partial charge in [-0.1, -0.05) is 19.1 Å². The Morgan fingerprint density at radius 1 is 1.38 bits per heavy atom. The van der Waals surface area contributed by atoms with E-state index in [0.717, 1.165) is 19.5 Å². The molecule has 16 heavy (non-hydrogen) atoms. The first-order chi connectivity index (χ1) is 7.63. The Hall–Kier alpha value is -0.930. The third-order valence-electron chi connectivity index (χ3n) is 2.62. The molecule has 0 heterocycles. The fourth-order valence-corrected chi connectivity index (χ4v) is 1.72. The van der Waals surface area contributed by atoms with Gasteiger partial charge in [0.15, 0.2) is 0 Å². The lowest BCUT2D eigenvalue weighted by Crippen LogP contribution is -2.22. The lowest BCUT2D eigenvalue weighted by Gasteiger charge is -2.18. The summed E-state index contributed by atoms with van der Waals surface area (Å²) >= 11 is 0. The van der Waals surface area contributed by atoms with Gasteiger partial charge in [-0.3, -0.25) is 0 Å². The summed E-state index contributed by atoms with van der Waals surface area (Å²) in [5.41, 5.74) is 0.657. The molecule has 0 bridgehead atoms. The summed E-state index contributed by atoms with van der Waals surface area (Å²) in [4.78, 5) is 2.17. The van der Waals surface area contributed by atoms with E-state index in [4.69, 9.17) is 0 Å². The van der Waals surface area contributed by atoms with Gasteiger partial charge in [0, 0.05) is 6.54 Å². The van der Waals surface area contributed by atoms with E-state index in [0.29, 0.717) is 12.0 Å². The summed E-state index contributed by atoms with van der Waals surface area (Å²) in [6.07, 6.45) is 1.17. The molecule has 1 atom stereocenters. The Bertz CT molecular complexity index is 317. The van der Waals surface area contributed by atoms with E-state index in [1.807, 2.05) is 7.05 Å². The van der Waals surface area contributed by atoms with E-state index in [1.165, 1.54) is 12.1 Å². The zero-order chi connectivity index (χ0) is 12.0. The van der Waals surface area contributed by atoms with E-state index >= 15 is 0 Å². The minimum absolute atomic E-state index is 0.293. The number of hydrogen-bond donors (Lipinski definition) is 1. The minimum atomic E-state index is -0.574. The number of hydrogen-bond acceptors (Lipinski definition) is 2. The molecule has 0 saturated heterocycles. The normalized spacial score (nSPS) is 13.1. The molecular weight excluding hydrogens is 205 g/mol. The van der Waals surface area contributed by atoms with E-state index in [1.54, 1.807) is 12.1 Å². The van der Waals surface area contributed by atoms with Gasteiger partial charge in [0.25, 0.3) is 0 Å². The van der Waals surface area contributed by atoms with Gasteiger partial charge < -0.3 is 10.0 Å². The van der Waals surface area contributed by atoms with Crippen LogP contribution in [-0.4, -0.2) is 30.1 Å².